The van der Waals surface area contributed by atoms with Gasteiger partial charge in [-0.1, -0.05) is 23.7 Å². The van der Waals surface area contributed by atoms with E-state index in [1.165, 1.54) is 0 Å². The predicted octanol–water partition coefficient (Wildman–Crippen LogP) is 2.92. The predicted molar refractivity (Wildman–Crippen MR) is 70.3 cm³/mol. The van der Waals surface area contributed by atoms with E-state index in [4.69, 9.17) is 11.6 Å². The lowest BCUT2D eigenvalue weighted by Crippen LogP contribution is -2.61. The van der Waals surface area contributed by atoms with E-state index < -0.39 is 0 Å². The third-order valence-electron chi connectivity index (χ3n) is 3.14. The van der Waals surface area contributed by atoms with Crippen LogP contribution in [0.1, 0.15) is 20.8 Å². The van der Waals surface area contributed by atoms with Gasteiger partial charge in [0.1, 0.15) is 0 Å². The van der Waals surface area contributed by atoms with Gasteiger partial charge in [-0.05, 0) is 32.9 Å². The maximum atomic E-state index is 6.25. The maximum Gasteiger partial charge on any atom is 0.0639 e. The maximum absolute atomic E-state index is 6.25. The highest BCUT2D eigenvalue weighted by atomic mass is 35.5. The molecule has 1 aromatic carbocycles. The number of nitrogens with zero attached hydrogens (tertiary/aromatic N) is 1. The summed E-state index contributed by atoms with van der Waals surface area (Å²) in [6.07, 6.45) is 0. The van der Waals surface area contributed by atoms with Gasteiger partial charge < -0.3 is 10.2 Å². The van der Waals surface area contributed by atoms with Crippen LogP contribution in [0.4, 0.5) is 5.69 Å². The van der Waals surface area contributed by atoms with E-state index >= 15 is 0 Å². The van der Waals surface area contributed by atoms with Crippen molar-refractivity contribution in [3.63, 3.8) is 0 Å². The molecule has 0 saturated carbocycles. The molecular weight excluding hydrogens is 220 g/mol. The Bertz CT molecular complexity index is 376. The quantitative estimate of drug-likeness (QED) is 0.810. The van der Waals surface area contributed by atoms with Gasteiger partial charge in [-0.15, -0.1) is 0 Å². The van der Waals surface area contributed by atoms with E-state index in [2.05, 4.69) is 37.1 Å². The van der Waals surface area contributed by atoms with E-state index in [0.29, 0.717) is 6.04 Å². The van der Waals surface area contributed by atoms with Crippen LogP contribution >= 0.6 is 11.6 Å². The second-order valence-corrected chi connectivity index (χ2v) is 5.60. The molecule has 1 aromatic rings. The molecule has 1 atom stereocenters. The third kappa shape index (κ3) is 2.33. The molecule has 88 valence electrons. The SMILES string of the molecule is CC1CNC(C)(C)CN1c1ccccc1Cl. The van der Waals surface area contributed by atoms with Gasteiger partial charge >= 0.3 is 0 Å². The summed E-state index contributed by atoms with van der Waals surface area (Å²) in [6.45, 7) is 8.66. The van der Waals surface area contributed by atoms with Gasteiger partial charge in [-0.25, -0.2) is 0 Å². The first-order chi connectivity index (χ1) is 7.49. The van der Waals surface area contributed by atoms with Crippen molar-refractivity contribution < 1.29 is 0 Å². The van der Waals surface area contributed by atoms with Crippen LogP contribution in [0.5, 0.6) is 0 Å². The highest BCUT2D eigenvalue weighted by Crippen LogP contribution is 2.29. The van der Waals surface area contributed by atoms with Gasteiger partial charge in [0.05, 0.1) is 10.7 Å². The Morgan fingerprint density at radius 2 is 2.06 bits per heavy atom. The summed E-state index contributed by atoms with van der Waals surface area (Å²) in [5.74, 6) is 0. The molecule has 0 aliphatic carbocycles. The summed E-state index contributed by atoms with van der Waals surface area (Å²) in [7, 11) is 0. The topological polar surface area (TPSA) is 15.3 Å². The zero-order valence-electron chi connectivity index (χ0n) is 10.1. The summed E-state index contributed by atoms with van der Waals surface area (Å²) in [5.41, 5.74) is 1.29. The molecule has 2 nitrogen and oxygen atoms in total. The second-order valence-electron chi connectivity index (χ2n) is 5.19. The summed E-state index contributed by atoms with van der Waals surface area (Å²) in [6, 6.07) is 8.55. The Morgan fingerprint density at radius 3 is 2.75 bits per heavy atom. The minimum atomic E-state index is 0.145. The molecule has 1 N–H and O–H groups in total. The van der Waals surface area contributed by atoms with Crippen LogP contribution in [-0.4, -0.2) is 24.7 Å². The third-order valence-corrected chi connectivity index (χ3v) is 3.46. The first kappa shape index (κ1) is 11.7. The second kappa shape index (κ2) is 4.27. The number of halogens is 1. The lowest BCUT2D eigenvalue weighted by atomic mass is 9.98. The van der Waals surface area contributed by atoms with Crippen molar-refractivity contribution in [2.24, 2.45) is 0 Å². The standard InChI is InChI=1S/C13H19ClN2/c1-10-8-15-13(2,3)9-16(10)12-7-5-4-6-11(12)14/h4-7,10,15H,8-9H2,1-3H3. The Balaban J connectivity index is 2.28. The molecule has 0 radical (unpaired) electrons. The van der Waals surface area contributed by atoms with E-state index in [9.17, 15) is 0 Å². The van der Waals surface area contributed by atoms with Crippen LogP contribution < -0.4 is 10.2 Å². The molecule has 0 aromatic heterocycles. The van der Waals surface area contributed by atoms with E-state index in [-0.39, 0.29) is 5.54 Å². The molecule has 1 fully saturated rings. The zero-order valence-corrected chi connectivity index (χ0v) is 10.9. The molecule has 1 heterocycles. The van der Waals surface area contributed by atoms with Crippen LogP contribution in [0.3, 0.4) is 0 Å². The van der Waals surface area contributed by atoms with Crippen LogP contribution in [0, 0.1) is 0 Å². The Labute approximate surface area is 103 Å². The lowest BCUT2D eigenvalue weighted by Gasteiger charge is -2.45. The zero-order chi connectivity index (χ0) is 11.8. The number of rotatable bonds is 1. The lowest BCUT2D eigenvalue weighted by molar-refractivity contribution is 0.318. The van der Waals surface area contributed by atoms with Gasteiger partial charge in [0.25, 0.3) is 0 Å². The first-order valence-corrected chi connectivity index (χ1v) is 6.14. The van der Waals surface area contributed by atoms with Gasteiger partial charge in [-0.2, -0.15) is 0 Å². The molecule has 1 unspecified atom stereocenters. The minimum Gasteiger partial charge on any atom is -0.365 e. The Hall–Kier alpha value is -0.730. The smallest absolute Gasteiger partial charge is 0.0639 e. The van der Waals surface area contributed by atoms with E-state index in [1.807, 2.05) is 18.2 Å². The van der Waals surface area contributed by atoms with Crippen molar-refractivity contribution in [1.29, 1.82) is 0 Å². The van der Waals surface area contributed by atoms with E-state index in [1.54, 1.807) is 0 Å². The number of para-hydroxylation sites is 1. The van der Waals surface area contributed by atoms with Crippen molar-refractivity contribution in [1.82, 2.24) is 5.32 Å². The fourth-order valence-electron chi connectivity index (χ4n) is 2.18. The van der Waals surface area contributed by atoms with Crippen molar-refractivity contribution in [2.75, 3.05) is 18.0 Å². The molecule has 1 saturated heterocycles. The van der Waals surface area contributed by atoms with Gasteiger partial charge in [0, 0.05) is 24.7 Å². The average Bonchev–Trinajstić information content (AvgIpc) is 2.23. The van der Waals surface area contributed by atoms with Crippen LogP contribution in [-0.2, 0) is 0 Å². The highest BCUT2D eigenvalue weighted by Gasteiger charge is 2.30. The number of nitrogens with one attached hydrogen (secondary N) is 1. The molecule has 0 amide bonds. The monoisotopic (exact) mass is 238 g/mol. The largest absolute Gasteiger partial charge is 0.365 e. The molecule has 3 heteroatoms. The van der Waals surface area contributed by atoms with Gasteiger partial charge in [0.15, 0.2) is 0 Å². The fraction of sp³-hybridized carbons (Fsp3) is 0.538. The van der Waals surface area contributed by atoms with Crippen molar-refractivity contribution >= 4 is 17.3 Å². The van der Waals surface area contributed by atoms with Gasteiger partial charge in [0.2, 0.25) is 0 Å². The van der Waals surface area contributed by atoms with Gasteiger partial charge in [-0.3, -0.25) is 0 Å². The molecule has 0 bridgehead atoms. The molecule has 2 rings (SSSR count). The number of piperazine rings is 1. The molecule has 1 aliphatic heterocycles. The normalized spacial score (nSPS) is 24.5. The van der Waals surface area contributed by atoms with Crippen LogP contribution in [0.2, 0.25) is 5.02 Å². The summed E-state index contributed by atoms with van der Waals surface area (Å²) < 4.78 is 0. The first-order valence-electron chi connectivity index (χ1n) is 5.76. The summed E-state index contributed by atoms with van der Waals surface area (Å²) >= 11 is 6.25. The van der Waals surface area contributed by atoms with Crippen molar-refractivity contribution in [2.45, 2.75) is 32.4 Å². The number of hydrogen-bond acceptors (Lipinski definition) is 2. The molecule has 16 heavy (non-hydrogen) atoms. The number of hydrogen-bond donors (Lipinski definition) is 1. The molecular formula is C13H19ClN2. The number of benzene rings is 1. The van der Waals surface area contributed by atoms with E-state index in [0.717, 1.165) is 23.8 Å². The van der Waals surface area contributed by atoms with Crippen molar-refractivity contribution in [3.05, 3.63) is 29.3 Å². The summed E-state index contributed by atoms with van der Waals surface area (Å²) in [5, 5.41) is 4.38. The Morgan fingerprint density at radius 1 is 1.38 bits per heavy atom. The Kier molecular flexibility index (Phi) is 3.13. The van der Waals surface area contributed by atoms with Crippen LogP contribution in [0.25, 0.3) is 0 Å². The summed E-state index contributed by atoms with van der Waals surface area (Å²) in [4.78, 5) is 2.39. The number of anilines is 1. The fourth-order valence-corrected chi connectivity index (χ4v) is 2.42. The highest BCUT2D eigenvalue weighted by molar-refractivity contribution is 6.33. The minimum absolute atomic E-state index is 0.145. The average molecular weight is 239 g/mol. The van der Waals surface area contributed by atoms with Crippen LogP contribution in [0.15, 0.2) is 24.3 Å². The van der Waals surface area contributed by atoms with Crippen molar-refractivity contribution in [3.8, 4) is 0 Å². The molecule has 0 spiro atoms. The molecule has 1 aliphatic rings.